The highest BCUT2D eigenvalue weighted by molar-refractivity contribution is 6.02. The van der Waals surface area contributed by atoms with E-state index < -0.39 is 0 Å². The number of ketones is 1. The summed E-state index contributed by atoms with van der Waals surface area (Å²) in [6, 6.07) is 8.10. The second-order valence-electron chi connectivity index (χ2n) is 3.68. The Bertz CT molecular complexity index is 584. The molecule has 0 aliphatic heterocycles. The Kier molecular flexibility index (Phi) is 1.68. The minimum absolute atomic E-state index is 0.130. The minimum Gasteiger partial charge on any atom is -0.294 e. The molecule has 0 amide bonds. The Morgan fingerprint density at radius 3 is 2.93 bits per heavy atom. The van der Waals surface area contributed by atoms with E-state index in [0.717, 1.165) is 16.6 Å². The topological polar surface area (TPSA) is 30.0 Å². The normalized spacial score (nSPS) is 14.3. The first-order chi connectivity index (χ1) is 7.34. The SMILES string of the molecule is O=C1C=Cc2c(ncc3ccccc23)C1. The summed E-state index contributed by atoms with van der Waals surface area (Å²) in [6.45, 7) is 0. The Balaban J connectivity index is 2.37. The van der Waals surface area contributed by atoms with Gasteiger partial charge in [-0.05, 0) is 17.5 Å². The second-order valence-corrected chi connectivity index (χ2v) is 3.68. The van der Waals surface area contributed by atoms with Gasteiger partial charge >= 0.3 is 0 Å². The van der Waals surface area contributed by atoms with E-state index in [4.69, 9.17) is 0 Å². The van der Waals surface area contributed by atoms with Gasteiger partial charge in [-0.15, -0.1) is 0 Å². The van der Waals surface area contributed by atoms with E-state index >= 15 is 0 Å². The van der Waals surface area contributed by atoms with Crippen molar-refractivity contribution in [1.82, 2.24) is 4.98 Å². The van der Waals surface area contributed by atoms with Gasteiger partial charge in [0.05, 0.1) is 12.1 Å². The van der Waals surface area contributed by atoms with Gasteiger partial charge in [-0.3, -0.25) is 9.78 Å². The lowest BCUT2D eigenvalue weighted by Gasteiger charge is -2.10. The Morgan fingerprint density at radius 2 is 2.00 bits per heavy atom. The van der Waals surface area contributed by atoms with Gasteiger partial charge in [0.2, 0.25) is 0 Å². The maximum atomic E-state index is 11.2. The maximum absolute atomic E-state index is 11.2. The van der Waals surface area contributed by atoms with Gasteiger partial charge in [-0.1, -0.05) is 24.3 Å². The van der Waals surface area contributed by atoms with E-state index in [1.807, 2.05) is 30.5 Å². The Labute approximate surface area is 87.3 Å². The molecule has 1 aliphatic carbocycles. The molecule has 3 rings (SSSR count). The molecule has 15 heavy (non-hydrogen) atoms. The van der Waals surface area contributed by atoms with E-state index in [1.54, 1.807) is 6.08 Å². The van der Waals surface area contributed by atoms with Crippen LogP contribution in [0.3, 0.4) is 0 Å². The van der Waals surface area contributed by atoms with Crippen LogP contribution in [0.2, 0.25) is 0 Å². The van der Waals surface area contributed by atoms with Crippen LogP contribution in [-0.2, 0) is 11.2 Å². The lowest BCUT2D eigenvalue weighted by atomic mass is 9.97. The first-order valence-electron chi connectivity index (χ1n) is 4.92. The smallest absolute Gasteiger partial charge is 0.161 e. The molecule has 0 saturated carbocycles. The fourth-order valence-corrected chi connectivity index (χ4v) is 1.95. The molecule has 0 atom stereocenters. The first kappa shape index (κ1) is 8.36. The maximum Gasteiger partial charge on any atom is 0.161 e. The number of carbonyl (C=O) groups excluding carboxylic acids is 1. The van der Waals surface area contributed by atoms with E-state index in [-0.39, 0.29) is 5.78 Å². The Hall–Kier alpha value is -1.96. The van der Waals surface area contributed by atoms with Crippen molar-refractivity contribution in [2.24, 2.45) is 0 Å². The minimum atomic E-state index is 0.130. The molecular weight excluding hydrogens is 186 g/mol. The number of rotatable bonds is 0. The van der Waals surface area contributed by atoms with Crippen LogP contribution >= 0.6 is 0 Å². The summed E-state index contributed by atoms with van der Waals surface area (Å²) in [5, 5.41) is 2.29. The third kappa shape index (κ3) is 1.26. The Morgan fingerprint density at radius 1 is 1.13 bits per heavy atom. The van der Waals surface area contributed by atoms with E-state index in [9.17, 15) is 4.79 Å². The van der Waals surface area contributed by atoms with Crippen molar-refractivity contribution < 1.29 is 4.79 Å². The standard InChI is InChI=1S/C13H9NO/c15-10-5-6-12-11-4-2-1-3-9(11)8-14-13(12)7-10/h1-6,8H,7H2. The van der Waals surface area contributed by atoms with Crippen molar-refractivity contribution in [3.63, 3.8) is 0 Å². The molecule has 1 aromatic heterocycles. The zero-order valence-electron chi connectivity index (χ0n) is 8.10. The molecule has 1 heterocycles. The zero-order valence-corrected chi connectivity index (χ0v) is 8.10. The molecule has 0 bridgehead atoms. The van der Waals surface area contributed by atoms with Crippen molar-refractivity contribution in [2.75, 3.05) is 0 Å². The highest BCUT2D eigenvalue weighted by Gasteiger charge is 2.13. The predicted molar refractivity (Wildman–Crippen MR) is 59.5 cm³/mol. The lowest BCUT2D eigenvalue weighted by molar-refractivity contribution is -0.114. The van der Waals surface area contributed by atoms with E-state index in [1.165, 1.54) is 5.39 Å². The van der Waals surface area contributed by atoms with Crippen LogP contribution < -0.4 is 0 Å². The number of hydrogen-bond acceptors (Lipinski definition) is 2. The number of allylic oxidation sites excluding steroid dienone is 1. The second kappa shape index (κ2) is 3.02. The number of carbonyl (C=O) groups is 1. The molecular formula is C13H9NO. The largest absolute Gasteiger partial charge is 0.294 e. The molecule has 0 N–H and O–H groups in total. The van der Waals surface area contributed by atoms with Gasteiger partial charge in [0.1, 0.15) is 0 Å². The molecule has 2 nitrogen and oxygen atoms in total. The van der Waals surface area contributed by atoms with Crippen LogP contribution in [0.1, 0.15) is 11.3 Å². The van der Waals surface area contributed by atoms with Crippen LogP contribution in [0.5, 0.6) is 0 Å². The average Bonchev–Trinajstić information content (AvgIpc) is 2.28. The summed E-state index contributed by atoms with van der Waals surface area (Å²) in [7, 11) is 0. The van der Waals surface area contributed by atoms with Crippen molar-refractivity contribution in [2.45, 2.75) is 6.42 Å². The lowest BCUT2D eigenvalue weighted by Crippen LogP contribution is -2.07. The van der Waals surface area contributed by atoms with Crippen molar-refractivity contribution in [1.29, 1.82) is 0 Å². The molecule has 1 aromatic carbocycles. The summed E-state index contributed by atoms with van der Waals surface area (Å²) in [5.74, 6) is 0.130. The summed E-state index contributed by atoms with van der Waals surface area (Å²) >= 11 is 0. The number of benzene rings is 1. The van der Waals surface area contributed by atoms with Gasteiger partial charge in [0, 0.05) is 17.1 Å². The van der Waals surface area contributed by atoms with Gasteiger partial charge in [-0.25, -0.2) is 0 Å². The number of nitrogens with zero attached hydrogens (tertiary/aromatic N) is 1. The molecule has 2 aromatic rings. The molecule has 1 aliphatic rings. The third-order valence-corrected chi connectivity index (χ3v) is 2.70. The average molecular weight is 195 g/mol. The van der Waals surface area contributed by atoms with Crippen molar-refractivity contribution >= 4 is 22.6 Å². The molecule has 2 heteroatoms. The molecule has 72 valence electrons. The summed E-state index contributed by atoms with van der Waals surface area (Å²) in [6.07, 6.45) is 5.77. The summed E-state index contributed by atoms with van der Waals surface area (Å²) < 4.78 is 0. The highest BCUT2D eigenvalue weighted by atomic mass is 16.1. The molecule has 0 radical (unpaired) electrons. The van der Waals surface area contributed by atoms with Crippen LogP contribution in [0.4, 0.5) is 0 Å². The predicted octanol–water partition coefficient (Wildman–Crippen LogP) is 2.37. The summed E-state index contributed by atoms with van der Waals surface area (Å²) in [5.41, 5.74) is 1.98. The summed E-state index contributed by atoms with van der Waals surface area (Å²) in [4.78, 5) is 15.6. The number of hydrogen-bond donors (Lipinski definition) is 0. The number of pyridine rings is 1. The van der Waals surface area contributed by atoms with Crippen molar-refractivity contribution in [3.05, 3.63) is 47.8 Å². The van der Waals surface area contributed by atoms with Crippen LogP contribution in [0, 0.1) is 0 Å². The molecule has 0 saturated heterocycles. The zero-order chi connectivity index (χ0) is 10.3. The van der Waals surface area contributed by atoms with Crippen LogP contribution in [-0.4, -0.2) is 10.8 Å². The van der Waals surface area contributed by atoms with E-state index in [0.29, 0.717) is 6.42 Å². The third-order valence-electron chi connectivity index (χ3n) is 2.70. The number of aromatic nitrogens is 1. The van der Waals surface area contributed by atoms with E-state index in [2.05, 4.69) is 11.1 Å². The van der Waals surface area contributed by atoms with Gasteiger partial charge in [0.25, 0.3) is 0 Å². The molecule has 0 spiro atoms. The highest BCUT2D eigenvalue weighted by Crippen LogP contribution is 2.24. The number of fused-ring (bicyclic) bond motifs is 3. The molecule has 0 fully saturated rings. The van der Waals surface area contributed by atoms with Crippen LogP contribution in [0.25, 0.3) is 16.8 Å². The fourth-order valence-electron chi connectivity index (χ4n) is 1.95. The van der Waals surface area contributed by atoms with Crippen LogP contribution in [0.15, 0.2) is 36.5 Å². The van der Waals surface area contributed by atoms with Gasteiger partial charge in [-0.2, -0.15) is 0 Å². The first-order valence-corrected chi connectivity index (χ1v) is 4.92. The monoisotopic (exact) mass is 195 g/mol. The van der Waals surface area contributed by atoms with Crippen molar-refractivity contribution in [3.8, 4) is 0 Å². The quantitative estimate of drug-likeness (QED) is 0.646. The fraction of sp³-hybridized carbons (Fsp3) is 0.0769. The van der Waals surface area contributed by atoms with Gasteiger partial charge < -0.3 is 0 Å². The van der Waals surface area contributed by atoms with Gasteiger partial charge in [0.15, 0.2) is 5.78 Å². The molecule has 0 unspecified atom stereocenters.